The van der Waals surface area contributed by atoms with Crippen LogP contribution in [0.4, 0.5) is 0 Å². The maximum atomic E-state index is 12.1. The molecule has 0 aliphatic carbocycles. The average Bonchev–Trinajstić information content (AvgIpc) is 2.70. The third kappa shape index (κ3) is 6.03. The van der Waals surface area contributed by atoms with Crippen molar-refractivity contribution in [1.29, 1.82) is 0 Å². The highest BCUT2D eigenvalue weighted by Crippen LogP contribution is 2.15. The van der Waals surface area contributed by atoms with Crippen molar-refractivity contribution in [3.05, 3.63) is 35.9 Å². The zero-order chi connectivity index (χ0) is 18.9. The summed E-state index contributed by atoms with van der Waals surface area (Å²) in [6.45, 7) is 4.49. The van der Waals surface area contributed by atoms with E-state index in [0.717, 1.165) is 5.56 Å². The van der Waals surface area contributed by atoms with Gasteiger partial charge in [-0.15, -0.1) is 0 Å². The summed E-state index contributed by atoms with van der Waals surface area (Å²) in [6, 6.07) is 7.98. The van der Waals surface area contributed by atoms with Gasteiger partial charge in [0.1, 0.15) is 18.2 Å². The van der Waals surface area contributed by atoms with Gasteiger partial charge in [0.05, 0.1) is 6.10 Å². The van der Waals surface area contributed by atoms with Crippen molar-refractivity contribution < 1.29 is 20.1 Å². The maximum Gasteiger partial charge on any atom is 0.240 e. The molecule has 7 nitrogen and oxygen atoms in total. The largest absolute Gasteiger partial charge is 0.389 e. The van der Waals surface area contributed by atoms with Gasteiger partial charge in [-0.2, -0.15) is 0 Å². The Hall–Kier alpha value is -1.51. The number of aliphatic hydroxyl groups excluding tert-OH is 3. The maximum absolute atomic E-state index is 12.1. The second-order valence-corrected chi connectivity index (χ2v) is 6.92. The number of carbonyl (C=O) groups excluding carboxylic acids is 1. The first kappa shape index (κ1) is 20.8. The quantitative estimate of drug-likeness (QED) is 0.431. The second kappa shape index (κ2) is 10.6. The highest BCUT2D eigenvalue weighted by atomic mass is 16.4. The number of hydrogen-bond donors (Lipinski definition) is 6. The van der Waals surface area contributed by atoms with Crippen molar-refractivity contribution in [2.75, 3.05) is 13.1 Å². The van der Waals surface area contributed by atoms with Crippen LogP contribution < -0.4 is 16.0 Å². The molecule has 1 aromatic rings. The van der Waals surface area contributed by atoms with Crippen LogP contribution in [0.3, 0.4) is 0 Å². The summed E-state index contributed by atoms with van der Waals surface area (Å²) in [5, 5.41) is 38.0. The molecule has 2 aliphatic heterocycles. The number of rotatable bonds is 3. The number of piperidine rings is 2. The minimum Gasteiger partial charge on any atom is -0.389 e. The molecule has 146 valence electrons. The topological polar surface area (TPSA) is 114 Å². The highest BCUT2D eigenvalue weighted by molar-refractivity contribution is 5.82. The predicted molar refractivity (Wildman–Crippen MR) is 99.4 cm³/mol. The van der Waals surface area contributed by atoms with Crippen LogP contribution in [0.5, 0.6) is 0 Å². The van der Waals surface area contributed by atoms with Gasteiger partial charge in [0.15, 0.2) is 0 Å². The summed E-state index contributed by atoms with van der Waals surface area (Å²) in [6.07, 6.45) is 0.450. The third-order valence-electron chi connectivity index (χ3n) is 4.80. The standard InChI is InChI=1S/C14H20N2O4.C5H11N/c1-8-11(17)13(19)12(18)10(16-8)14(20)15-7-9-5-3-2-4-6-9;1-2-4-6-5-3-1/h2-6,8,10-13,16-19H,7H2,1H3,(H,15,20);6H,1-5H2/t8-,10?,11-,12-,13+;/m0./s1. The van der Waals surface area contributed by atoms with Crippen LogP contribution in [0.1, 0.15) is 31.7 Å². The van der Waals surface area contributed by atoms with E-state index in [-0.39, 0.29) is 0 Å². The van der Waals surface area contributed by atoms with Crippen molar-refractivity contribution in [3.8, 4) is 0 Å². The van der Waals surface area contributed by atoms with Crippen molar-refractivity contribution in [3.63, 3.8) is 0 Å². The number of carbonyl (C=O) groups is 1. The number of amides is 1. The van der Waals surface area contributed by atoms with E-state index in [1.54, 1.807) is 6.92 Å². The van der Waals surface area contributed by atoms with E-state index in [0.29, 0.717) is 6.54 Å². The monoisotopic (exact) mass is 365 g/mol. The normalized spacial score (nSPS) is 31.5. The van der Waals surface area contributed by atoms with Gasteiger partial charge in [-0.3, -0.25) is 10.1 Å². The van der Waals surface area contributed by atoms with Crippen molar-refractivity contribution in [1.82, 2.24) is 16.0 Å². The van der Waals surface area contributed by atoms with Crippen LogP contribution in [0.15, 0.2) is 30.3 Å². The first-order chi connectivity index (χ1) is 12.5. The summed E-state index contributed by atoms with van der Waals surface area (Å²) in [4.78, 5) is 12.1. The van der Waals surface area contributed by atoms with Gasteiger partial charge in [-0.25, -0.2) is 0 Å². The van der Waals surface area contributed by atoms with Crippen LogP contribution in [0.2, 0.25) is 0 Å². The Morgan fingerprint density at radius 2 is 1.69 bits per heavy atom. The lowest BCUT2D eigenvalue weighted by atomic mass is 9.90. The van der Waals surface area contributed by atoms with E-state index >= 15 is 0 Å². The Balaban J connectivity index is 0.000000342. The minimum atomic E-state index is -1.34. The van der Waals surface area contributed by atoms with Gasteiger partial charge >= 0.3 is 0 Å². The molecule has 0 aromatic heterocycles. The molecular weight excluding hydrogens is 334 g/mol. The fourth-order valence-corrected chi connectivity index (χ4v) is 3.10. The molecule has 1 amide bonds. The second-order valence-electron chi connectivity index (χ2n) is 6.92. The Morgan fingerprint density at radius 1 is 1.04 bits per heavy atom. The molecule has 1 aromatic carbocycles. The Labute approximate surface area is 154 Å². The molecule has 2 saturated heterocycles. The van der Waals surface area contributed by atoms with Gasteiger partial charge in [0, 0.05) is 12.6 Å². The summed E-state index contributed by atoms with van der Waals surface area (Å²) in [5.74, 6) is -0.404. The number of aliphatic hydroxyl groups is 3. The van der Waals surface area contributed by atoms with Crippen LogP contribution in [-0.4, -0.2) is 64.7 Å². The van der Waals surface area contributed by atoms with E-state index < -0.39 is 36.3 Å². The van der Waals surface area contributed by atoms with Gasteiger partial charge < -0.3 is 26.0 Å². The average molecular weight is 365 g/mol. The van der Waals surface area contributed by atoms with Crippen LogP contribution in [0, 0.1) is 0 Å². The highest BCUT2D eigenvalue weighted by Gasteiger charge is 2.43. The molecule has 0 bridgehead atoms. The molecule has 0 saturated carbocycles. The van der Waals surface area contributed by atoms with E-state index in [9.17, 15) is 20.1 Å². The lowest BCUT2D eigenvalue weighted by molar-refractivity contribution is -0.142. The number of nitrogens with one attached hydrogen (secondary N) is 3. The summed E-state index contributed by atoms with van der Waals surface area (Å²) in [5.41, 5.74) is 0.944. The molecule has 3 rings (SSSR count). The number of benzene rings is 1. The van der Waals surface area contributed by atoms with Gasteiger partial charge in [0.2, 0.25) is 5.91 Å². The molecule has 1 unspecified atom stereocenters. The molecule has 2 heterocycles. The fourth-order valence-electron chi connectivity index (χ4n) is 3.10. The van der Waals surface area contributed by atoms with E-state index in [4.69, 9.17) is 0 Å². The van der Waals surface area contributed by atoms with Gasteiger partial charge in [-0.05, 0) is 38.4 Å². The molecule has 0 radical (unpaired) electrons. The van der Waals surface area contributed by atoms with Gasteiger partial charge in [0.25, 0.3) is 0 Å². The minimum absolute atomic E-state index is 0.345. The van der Waals surface area contributed by atoms with Crippen LogP contribution >= 0.6 is 0 Å². The molecule has 26 heavy (non-hydrogen) atoms. The molecule has 2 aliphatic rings. The number of hydrogen-bond acceptors (Lipinski definition) is 6. The van der Waals surface area contributed by atoms with E-state index in [2.05, 4.69) is 16.0 Å². The van der Waals surface area contributed by atoms with Gasteiger partial charge in [-0.1, -0.05) is 36.8 Å². The van der Waals surface area contributed by atoms with Crippen LogP contribution in [0.25, 0.3) is 0 Å². The molecule has 6 N–H and O–H groups in total. The smallest absolute Gasteiger partial charge is 0.240 e. The lowest BCUT2D eigenvalue weighted by Gasteiger charge is -2.39. The molecule has 0 spiro atoms. The molecule has 7 heteroatoms. The zero-order valence-corrected chi connectivity index (χ0v) is 15.3. The Morgan fingerprint density at radius 3 is 2.23 bits per heavy atom. The zero-order valence-electron chi connectivity index (χ0n) is 15.3. The van der Waals surface area contributed by atoms with Crippen molar-refractivity contribution in [2.24, 2.45) is 0 Å². The summed E-state index contributed by atoms with van der Waals surface area (Å²) in [7, 11) is 0. The predicted octanol–water partition coefficient (Wildman–Crippen LogP) is -0.494. The van der Waals surface area contributed by atoms with E-state index in [1.165, 1.54) is 32.4 Å². The Bertz CT molecular complexity index is 527. The summed E-state index contributed by atoms with van der Waals surface area (Å²) < 4.78 is 0. The fraction of sp³-hybridized carbons (Fsp3) is 0.632. The first-order valence-electron chi connectivity index (χ1n) is 9.33. The first-order valence-corrected chi connectivity index (χ1v) is 9.33. The van der Waals surface area contributed by atoms with E-state index in [1.807, 2.05) is 30.3 Å². The SMILES string of the molecule is C1CCNCC1.C[C@@H]1NC(C(=O)NCc2ccccc2)[C@H](O)[C@H](O)[C@H]1O. The van der Waals surface area contributed by atoms with Crippen molar-refractivity contribution in [2.45, 2.75) is 63.1 Å². The molecule has 2 fully saturated rings. The summed E-state index contributed by atoms with van der Waals surface area (Å²) >= 11 is 0. The van der Waals surface area contributed by atoms with Crippen molar-refractivity contribution >= 4 is 5.91 Å². The van der Waals surface area contributed by atoms with Crippen LogP contribution in [-0.2, 0) is 11.3 Å². The molecule has 5 atom stereocenters. The molecular formula is C19H31N3O4. The Kier molecular flexibility index (Phi) is 8.47. The third-order valence-corrected chi connectivity index (χ3v) is 4.80. The lowest BCUT2D eigenvalue weighted by Crippen LogP contribution is -2.67.